The number of piperidine rings is 1. The van der Waals surface area contributed by atoms with Gasteiger partial charge < -0.3 is 19.7 Å². The van der Waals surface area contributed by atoms with E-state index in [0.717, 1.165) is 24.6 Å². The second kappa shape index (κ2) is 5.39. The highest BCUT2D eigenvalue weighted by Crippen LogP contribution is 2.39. The standard InChI is InChI=1S/C15H22N2O2/c1-17(2)15(11-5-7-16-8-6-11)12-3-4-13-14(9-12)19-10-18-13/h3-4,9,11,15-16H,5-8,10H2,1-2H3. The fourth-order valence-electron chi connectivity index (χ4n) is 3.25. The summed E-state index contributed by atoms with van der Waals surface area (Å²) in [7, 11) is 4.33. The monoisotopic (exact) mass is 262 g/mol. The van der Waals surface area contributed by atoms with Crippen molar-refractivity contribution in [2.45, 2.75) is 18.9 Å². The molecule has 1 aromatic rings. The van der Waals surface area contributed by atoms with Crippen LogP contribution in [0.2, 0.25) is 0 Å². The Hall–Kier alpha value is -1.26. The molecular formula is C15H22N2O2. The van der Waals surface area contributed by atoms with Crippen LogP contribution in [0, 0.1) is 5.92 Å². The molecule has 0 saturated carbocycles. The van der Waals surface area contributed by atoms with Gasteiger partial charge in [0.1, 0.15) is 0 Å². The summed E-state index contributed by atoms with van der Waals surface area (Å²) in [4.78, 5) is 2.33. The minimum Gasteiger partial charge on any atom is -0.454 e. The fraction of sp³-hybridized carbons (Fsp3) is 0.600. The van der Waals surface area contributed by atoms with Gasteiger partial charge in [0, 0.05) is 6.04 Å². The molecule has 4 heteroatoms. The quantitative estimate of drug-likeness (QED) is 0.903. The van der Waals surface area contributed by atoms with Gasteiger partial charge in [0.05, 0.1) is 0 Å². The minimum atomic E-state index is 0.346. The maximum Gasteiger partial charge on any atom is 0.231 e. The molecule has 3 rings (SSSR count). The summed E-state index contributed by atoms with van der Waals surface area (Å²) in [6.45, 7) is 2.60. The number of benzene rings is 1. The maximum atomic E-state index is 5.50. The molecule has 1 N–H and O–H groups in total. The van der Waals surface area contributed by atoms with E-state index in [1.807, 2.05) is 6.07 Å². The topological polar surface area (TPSA) is 33.7 Å². The van der Waals surface area contributed by atoms with E-state index in [4.69, 9.17) is 9.47 Å². The molecule has 4 nitrogen and oxygen atoms in total. The first-order valence-corrected chi connectivity index (χ1v) is 7.02. The lowest BCUT2D eigenvalue weighted by molar-refractivity contribution is 0.172. The van der Waals surface area contributed by atoms with Crippen molar-refractivity contribution in [3.05, 3.63) is 23.8 Å². The van der Waals surface area contributed by atoms with Gasteiger partial charge >= 0.3 is 0 Å². The number of hydrogen-bond donors (Lipinski definition) is 1. The zero-order valence-corrected chi connectivity index (χ0v) is 11.7. The van der Waals surface area contributed by atoms with Gasteiger partial charge in [-0.1, -0.05) is 6.07 Å². The number of fused-ring (bicyclic) bond motifs is 1. The third-order valence-electron chi connectivity index (χ3n) is 4.12. The van der Waals surface area contributed by atoms with Crippen LogP contribution in [0.5, 0.6) is 11.5 Å². The van der Waals surface area contributed by atoms with Crippen LogP contribution < -0.4 is 14.8 Å². The van der Waals surface area contributed by atoms with Crippen molar-refractivity contribution in [2.24, 2.45) is 5.92 Å². The van der Waals surface area contributed by atoms with Crippen LogP contribution in [0.1, 0.15) is 24.4 Å². The van der Waals surface area contributed by atoms with Gasteiger partial charge in [0.15, 0.2) is 11.5 Å². The summed E-state index contributed by atoms with van der Waals surface area (Å²) >= 11 is 0. The predicted octanol–water partition coefficient (Wildman–Crippen LogP) is 2.02. The highest BCUT2D eigenvalue weighted by Gasteiger charge is 2.28. The zero-order chi connectivity index (χ0) is 13.2. The van der Waals surface area contributed by atoms with Crippen molar-refractivity contribution in [1.82, 2.24) is 10.2 Å². The lowest BCUT2D eigenvalue weighted by Crippen LogP contribution is -2.35. The lowest BCUT2D eigenvalue weighted by Gasteiger charge is -2.35. The van der Waals surface area contributed by atoms with E-state index in [0.29, 0.717) is 18.8 Å². The smallest absolute Gasteiger partial charge is 0.231 e. The predicted molar refractivity (Wildman–Crippen MR) is 74.6 cm³/mol. The molecule has 1 aromatic carbocycles. The van der Waals surface area contributed by atoms with Gasteiger partial charge in [0.25, 0.3) is 0 Å². The van der Waals surface area contributed by atoms with Crippen molar-refractivity contribution in [2.75, 3.05) is 34.0 Å². The van der Waals surface area contributed by atoms with E-state index in [9.17, 15) is 0 Å². The highest BCUT2D eigenvalue weighted by molar-refractivity contribution is 5.45. The van der Waals surface area contributed by atoms with Crippen LogP contribution in [0.15, 0.2) is 18.2 Å². The van der Waals surface area contributed by atoms with Crippen molar-refractivity contribution in [3.8, 4) is 11.5 Å². The molecule has 0 amide bonds. The molecule has 2 heterocycles. The fourth-order valence-corrected chi connectivity index (χ4v) is 3.25. The third kappa shape index (κ3) is 2.55. The Kier molecular flexibility index (Phi) is 3.62. The zero-order valence-electron chi connectivity index (χ0n) is 11.7. The first-order valence-electron chi connectivity index (χ1n) is 7.02. The first kappa shape index (κ1) is 12.8. The van der Waals surface area contributed by atoms with Crippen molar-refractivity contribution >= 4 is 0 Å². The summed E-state index contributed by atoms with van der Waals surface area (Å²) in [6, 6.07) is 6.82. The number of nitrogens with one attached hydrogen (secondary N) is 1. The van der Waals surface area contributed by atoms with Crippen molar-refractivity contribution < 1.29 is 9.47 Å². The summed E-state index contributed by atoms with van der Waals surface area (Å²) in [5.41, 5.74) is 1.33. The van der Waals surface area contributed by atoms with Crippen LogP contribution in [-0.2, 0) is 0 Å². The SMILES string of the molecule is CN(C)C(c1ccc2c(c1)OCO2)C1CCNCC1. The number of hydrogen-bond acceptors (Lipinski definition) is 4. The Morgan fingerprint density at radius 2 is 1.89 bits per heavy atom. The average molecular weight is 262 g/mol. The van der Waals surface area contributed by atoms with E-state index in [-0.39, 0.29) is 0 Å². The van der Waals surface area contributed by atoms with Crippen molar-refractivity contribution in [3.63, 3.8) is 0 Å². The Morgan fingerprint density at radius 3 is 2.63 bits per heavy atom. The largest absolute Gasteiger partial charge is 0.454 e. The van der Waals surface area contributed by atoms with Crippen LogP contribution in [0.4, 0.5) is 0 Å². The molecule has 2 aliphatic heterocycles. The van der Waals surface area contributed by atoms with Gasteiger partial charge in [-0.3, -0.25) is 0 Å². The molecule has 1 saturated heterocycles. The minimum absolute atomic E-state index is 0.346. The molecule has 1 atom stereocenters. The molecule has 0 bridgehead atoms. The van der Waals surface area contributed by atoms with Gasteiger partial charge in [-0.25, -0.2) is 0 Å². The Balaban J connectivity index is 1.87. The van der Waals surface area contributed by atoms with E-state index in [2.05, 4.69) is 36.4 Å². The summed E-state index contributed by atoms with van der Waals surface area (Å²) in [5, 5.41) is 3.44. The van der Waals surface area contributed by atoms with Crippen LogP contribution >= 0.6 is 0 Å². The normalized spacial score (nSPS) is 20.8. The average Bonchev–Trinajstić information content (AvgIpc) is 2.87. The molecule has 0 aliphatic carbocycles. The second-order valence-corrected chi connectivity index (χ2v) is 5.61. The molecule has 19 heavy (non-hydrogen) atoms. The molecular weight excluding hydrogens is 240 g/mol. The lowest BCUT2D eigenvalue weighted by atomic mass is 9.85. The molecule has 104 valence electrons. The number of rotatable bonds is 3. The Morgan fingerprint density at radius 1 is 1.16 bits per heavy atom. The van der Waals surface area contributed by atoms with Crippen LogP contribution in [-0.4, -0.2) is 38.9 Å². The molecule has 0 spiro atoms. The maximum absolute atomic E-state index is 5.50. The number of nitrogens with zero attached hydrogens (tertiary/aromatic N) is 1. The Labute approximate surface area is 114 Å². The van der Waals surface area contributed by atoms with Gasteiger partial charge in [-0.2, -0.15) is 0 Å². The summed E-state index contributed by atoms with van der Waals surface area (Å²) in [5.74, 6) is 2.46. The molecule has 1 unspecified atom stereocenters. The van der Waals surface area contributed by atoms with Crippen molar-refractivity contribution in [1.29, 1.82) is 0 Å². The van der Waals surface area contributed by atoms with Crippen LogP contribution in [0.25, 0.3) is 0 Å². The van der Waals surface area contributed by atoms with Crippen LogP contribution in [0.3, 0.4) is 0 Å². The van der Waals surface area contributed by atoms with Gasteiger partial charge in [-0.15, -0.1) is 0 Å². The van der Waals surface area contributed by atoms with E-state index < -0.39 is 0 Å². The summed E-state index contributed by atoms with van der Waals surface area (Å²) in [6.07, 6.45) is 2.47. The molecule has 0 radical (unpaired) electrons. The first-order chi connectivity index (χ1) is 9.25. The molecule has 1 fully saturated rings. The number of ether oxygens (including phenoxy) is 2. The van der Waals surface area contributed by atoms with E-state index in [1.54, 1.807) is 0 Å². The van der Waals surface area contributed by atoms with E-state index in [1.165, 1.54) is 18.4 Å². The van der Waals surface area contributed by atoms with Gasteiger partial charge in [0.2, 0.25) is 6.79 Å². The summed E-state index contributed by atoms with van der Waals surface area (Å²) < 4.78 is 10.9. The van der Waals surface area contributed by atoms with E-state index >= 15 is 0 Å². The highest BCUT2D eigenvalue weighted by atomic mass is 16.7. The van der Waals surface area contributed by atoms with Gasteiger partial charge in [-0.05, 0) is 63.6 Å². The molecule has 0 aromatic heterocycles. The molecule has 2 aliphatic rings. The Bertz CT molecular complexity index is 442. The third-order valence-corrected chi connectivity index (χ3v) is 4.12. The second-order valence-electron chi connectivity index (χ2n) is 5.61.